The van der Waals surface area contributed by atoms with E-state index in [0.717, 1.165) is 36.8 Å². The summed E-state index contributed by atoms with van der Waals surface area (Å²) < 4.78 is 5.77. The van der Waals surface area contributed by atoms with Gasteiger partial charge in [-0.15, -0.1) is 0 Å². The van der Waals surface area contributed by atoms with Gasteiger partial charge < -0.3 is 14.6 Å². The summed E-state index contributed by atoms with van der Waals surface area (Å²) in [6.45, 7) is 1.76. The highest BCUT2D eigenvalue weighted by Gasteiger charge is 2.30. The number of aromatic hydroxyl groups is 1. The second-order valence-electron chi connectivity index (χ2n) is 8.24. The molecule has 2 atom stereocenters. The van der Waals surface area contributed by atoms with Gasteiger partial charge in [0.2, 0.25) is 0 Å². The first-order chi connectivity index (χ1) is 13.0. The van der Waals surface area contributed by atoms with E-state index in [9.17, 15) is 15.0 Å². The Morgan fingerprint density at radius 2 is 1.96 bits per heavy atom. The third-order valence-electron chi connectivity index (χ3n) is 5.98. The van der Waals surface area contributed by atoms with Crippen LogP contribution in [0.5, 0.6) is 5.75 Å². The topological polar surface area (TPSA) is 70.7 Å². The lowest BCUT2D eigenvalue weighted by molar-refractivity contribution is 0.166. The summed E-state index contributed by atoms with van der Waals surface area (Å²) >= 11 is 0. The van der Waals surface area contributed by atoms with E-state index in [1.807, 2.05) is 12.1 Å². The molecule has 27 heavy (non-hydrogen) atoms. The number of hydrogen-bond acceptors (Lipinski definition) is 4. The Hall–Kier alpha value is -2.07. The number of rotatable bonds is 5. The van der Waals surface area contributed by atoms with Gasteiger partial charge in [-0.2, -0.15) is 0 Å². The van der Waals surface area contributed by atoms with Crippen LogP contribution in [0.1, 0.15) is 85.3 Å². The highest BCUT2D eigenvalue weighted by Crippen LogP contribution is 2.43. The van der Waals surface area contributed by atoms with Crippen LogP contribution < -0.4 is 5.63 Å². The summed E-state index contributed by atoms with van der Waals surface area (Å²) in [5.74, 6) is 1.29. The molecule has 0 bridgehead atoms. The summed E-state index contributed by atoms with van der Waals surface area (Å²) in [7, 11) is 0. The second kappa shape index (κ2) is 7.51. The van der Waals surface area contributed by atoms with Crippen molar-refractivity contribution in [3.05, 3.63) is 62.7 Å². The molecule has 0 aliphatic heterocycles. The molecular formula is C23H28O4. The Bertz CT molecular complexity index is 876. The lowest BCUT2D eigenvalue weighted by Crippen LogP contribution is -2.16. The van der Waals surface area contributed by atoms with Crippen LogP contribution in [-0.4, -0.2) is 16.3 Å². The van der Waals surface area contributed by atoms with Gasteiger partial charge in [-0.05, 0) is 62.5 Å². The minimum absolute atomic E-state index is 0.00565. The van der Waals surface area contributed by atoms with Gasteiger partial charge in [-0.25, -0.2) is 4.79 Å². The maximum absolute atomic E-state index is 12.8. The third kappa shape index (κ3) is 3.81. The molecule has 2 aromatic rings. The van der Waals surface area contributed by atoms with Gasteiger partial charge in [0, 0.05) is 17.9 Å². The molecule has 0 amide bonds. The van der Waals surface area contributed by atoms with E-state index < -0.39 is 11.7 Å². The molecule has 2 aliphatic rings. The molecule has 0 radical (unpaired) electrons. The predicted octanol–water partition coefficient (Wildman–Crippen LogP) is 4.39. The van der Waals surface area contributed by atoms with Crippen LogP contribution in [0.4, 0.5) is 0 Å². The average molecular weight is 368 g/mol. The van der Waals surface area contributed by atoms with Crippen molar-refractivity contribution in [1.82, 2.24) is 0 Å². The second-order valence-corrected chi connectivity index (χ2v) is 8.24. The lowest BCUT2D eigenvalue weighted by atomic mass is 9.91. The van der Waals surface area contributed by atoms with Crippen LogP contribution in [0.3, 0.4) is 0 Å². The third-order valence-corrected chi connectivity index (χ3v) is 5.98. The number of fused-ring (bicyclic) bond motifs is 1. The van der Waals surface area contributed by atoms with Crippen LogP contribution in [0.2, 0.25) is 0 Å². The zero-order valence-corrected chi connectivity index (χ0v) is 15.9. The van der Waals surface area contributed by atoms with Gasteiger partial charge in [0.15, 0.2) is 0 Å². The maximum atomic E-state index is 12.8. The predicted molar refractivity (Wildman–Crippen MR) is 104 cm³/mol. The average Bonchev–Trinajstić information content (AvgIpc) is 3.47. The fraction of sp³-hybridized carbons (Fsp3) is 0.522. The van der Waals surface area contributed by atoms with Crippen molar-refractivity contribution in [3.8, 4) is 5.75 Å². The largest absolute Gasteiger partial charge is 0.507 e. The van der Waals surface area contributed by atoms with Gasteiger partial charge in [0.05, 0.1) is 11.7 Å². The van der Waals surface area contributed by atoms with E-state index in [1.54, 1.807) is 6.92 Å². The molecule has 2 aliphatic carbocycles. The first-order valence-electron chi connectivity index (χ1n) is 10.2. The molecule has 4 nitrogen and oxygen atoms in total. The Kier molecular flexibility index (Phi) is 5.09. The lowest BCUT2D eigenvalue weighted by Gasteiger charge is -2.19. The quantitative estimate of drug-likeness (QED) is 0.768. The van der Waals surface area contributed by atoms with Crippen molar-refractivity contribution in [1.29, 1.82) is 0 Å². The molecule has 1 aromatic carbocycles. The fourth-order valence-corrected chi connectivity index (χ4v) is 4.48. The summed E-state index contributed by atoms with van der Waals surface area (Å²) in [5, 5.41) is 20.8. The summed E-state index contributed by atoms with van der Waals surface area (Å²) in [5.41, 5.74) is 3.11. The first-order valence-corrected chi connectivity index (χ1v) is 10.2. The molecule has 1 saturated carbocycles. The van der Waals surface area contributed by atoms with Crippen molar-refractivity contribution in [3.63, 3.8) is 0 Å². The zero-order chi connectivity index (χ0) is 19.0. The maximum Gasteiger partial charge on any atom is 0.343 e. The van der Waals surface area contributed by atoms with Crippen molar-refractivity contribution in [2.24, 2.45) is 0 Å². The Morgan fingerprint density at radius 1 is 1.19 bits per heavy atom. The molecule has 144 valence electrons. The van der Waals surface area contributed by atoms with Crippen LogP contribution in [-0.2, 0) is 12.8 Å². The fourth-order valence-electron chi connectivity index (χ4n) is 4.48. The van der Waals surface area contributed by atoms with E-state index in [2.05, 4.69) is 12.1 Å². The van der Waals surface area contributed by atoms with Crippen molar-refractivity contribution in [2.45, 2.75) is 76.2 Å². The van der Waals surface area contributed by atoms with Crippen molar-refractivity contribution < 1.29 is 14.6 Å². The van der Waals surface area contributed by atoms with Gasteiger partial charge in [-0.1, -0.05) is 30.7 Å². The van der Waals surface area contributed by atoms with Crippen molar-refractivity contribution >= 4 is 0 Å². The number of aliphatic hydroxyl groups excluding tert-OH is 1. The molecule has 1 fully saturated rings. The minimum atomic E-state index is -0.460. The van der Waals surface area contributed by atoms with E-state index in [0.29, 0.717) is 30.1 Å². The van der Waals surface area contributed by atoms with Gasteiger partial charge in [0.1, 0.15) is 11.5 Å². The van der Waals surface area contributed by atoms with Gasteiger partial charge in [0.25, 0.3) is 0 Å². The SMILES string of the molecule is CC(O)CC1CCCCc2c1oc(=O)c(Cc1ccccc1C1CC1)c2O. The van der Waals surface area contributed by atoms with E-state index in [1.165, 1.54) is 18.4 Å². The first kappa shape index (κ1) is 18.3. The molecule has 0 spiro atoms. The van der Waals surface area contributed by atoms with Crippen LogP contribution in [0.15, 0.2) is 33.5 Å². The van der Waals surface area contributed by atoms with E-state index >= 15 is 0 Å². The molecule has 1 aromatic heterocycles. The zero-order valence-electron chi connectivity index (χ0n) is 15.9. The van der Waals surface area contributed by atoms with Crippen molar-refractivity contribution in [2.75, 3.05) is 0 Å². The molecular weight excluding hydrogens is 340 g/mol. The van der Waals surface area contributed by atoms with Crippen LogP contribution in [0, 0.1) is 0 Å². The summed E-state index contributed by atoms with van der Waals surface area (Å²) in [4.78, 5) is 12.8. The minimum Gasteiger partial charge on any atom is -0.507 e. The van der Waals surface area contributed by atoms with Gasteiger partial charge >= 0.3 is 5.63 Å². The molecule has 4 rings (SSSR count). The summed E-state index contributed by atoms with van der Waals surface area (Å²) in [6, 6.07) is 8.21. The molecule has 4 heteroatoms. The summed E-state index contributed by atoms with van der Waals surface area (Å²) in [6.07, 6.45) is 6.47. The van der Waals surface area contributed by atoms with Gasteiger partial charge in [-0.3, -0.25) is 0 Å². The Morgan fingerprint density at radius 3 is 2.70 bits per heavy atom. The van der Waals surface area contributed by atoms with E-state index in [4.69, 9.17) is 4.42 Å². The van der Waals surface area contributed by atoms with Crippen LogP contribution >= 0.6 is 0 Å². The Labute approximate surface area is 159 Å². The standard InChI is InChI=1S/C23H28O4/c1-14(24)12-17-7-3-5-9-19-21(25)20(23(26)27-22(17)19)13-16-6-2-4-8-18(16)15-10-11-15/h2,4,6,8,14-15,17,24-25H,3,5,7,9-13H2,1H3. The Balaban J connectivity index is 1.73. The highest BCUT2D eigenvalue weighted by molar-refractivity contribution is 5.46. The smallest absolute Gasteiger partial charge is 0.343 e. The van der Waals surface area contributed by atoms with E-state index in [-0.39, 0.29) is 11.7 Å². The van der Waals surface area contributed by atoms with Crippen LogP contribution in [0.25, 0.3) is 0 Å². The molecule has 0 saturated heterocycles. The number of hydrogen-bond donors (Lipinski definition) is 2. The highest BCUT2D eigenvalue weighted by atomic mass is 16.4. The molecule has 1 heterocycles. The number of aliphatic hydroxyl groups is 1. The normalized spacial score (nSPS) is 20.7. The number of benzene rings is 1. The monoisotopic (exact) mass is 368 g/mol. The molecule has 2 unspecified atom stereocenters. The molecule has 2 N–H and O–H groups in total.